The third-order valence-electron chi connectivity index (χ3n) is 3.61. The number of carbonyl (C=O) groups is 1. The van der Waals surface area contributed by atoms with Gasteiger partial charge >= 0.3 is 0 Å². The molecule has 34 heavy (non-hydrogen) atoms. The highest BCUT2D eigenvalue weighted by molar-refractivity contribution is 5.95. The first-order valence-electron chi connectivity index (χ1n) is 10.1. The molecule has 2 aromatic carbocycles. The number of benzene rings is 2. The normalized spacial score (nSPS) is 7.97. The Morgan fingerprint density at radius 3 is 1.68 bits per heavy atom. The van der Waals surface area contributed by atoms with Gasteiger partial charge in [0.25, 0.3) is 5.91 Å². The number of hydrazone groups is 1. The van der Waals surface area contributed by atoms with Crippen molar-refractivity contribution in [1.29, 1.82) is 0 Å². The van der Waals surface area contributed by atoms with Gasteiger partial charge in [-0.05, 0) is 98.2 Å². The maximum atomic E-state index is 11.8. The predicted molar refractivity (Wildman–Crippen MR) is 139 cm³/mol. The minimum absolute atomic E-state index is 0.176. The van der Waals surface area contributed by atoms with Crippen molar-refractivity contribution < 1.29 is 4.79 Å². The van der Waals surface area contributed by atoms with Crippen LogP contribution in [0.25, 0.3) is 0 Å². The minimum atomic E-state index is -0.176. The lowest BCUT2D eigenvalue weighted by Gasteiger charge is -2.03. The quantitative estimate of drug-likeness (QED) is 0.317. The standard InChI is InChI=1S/C17H18N2O.C9H4.C5H4/c1-14(12-13-15-8-4-2-5-9-15)18-19-17(20)16-10-6-3-7-11-16;1-3-5-7-9-8-6-4-2;1-3-5-4-2/h2-11H,12-13H2,1H3,(H,19,20);1-2H2;1-2H2/b18-14+;;. The maximum Gasteiger partial charge on any atom is 0.271 e. The van der Waals surface area contributed by atoms with Gasteiger partial charge in [0.2, 0.25) is 0 Å². The van der Waals surface area contributed by atoms with E-state index >= 15 is 0 Å². The molecule has 1 N–H and O–H groups in total. The van der Waals surface area contributed by atoms with E-state index in [-0.39, 0.29) is 5.91 Å². The SMILES string of the molecule is C/C(CCc1ccccc1)=N\NC(=O)c1ccccc1.C=C=C=C=C.C=C=C=C=C=C=C=C=C. The molecule has 2 aromatic rings. The topological polar surface area (TPSA) is 41.5 Å². The number of hydrogen-bond donors (Lipinski definition) is 1. The summed E-state index contributed by atoms with van der Waals surface area (Å²) in [5, 5.41) is 4.13. The Hall–Kier alpha value is -5.14. The van der Waals surface area contributed by atoms with Crippen LogP contribution in [0.5, 0.6) is 0 Å². The van der Waals surface area contributed by atoms with E-state index in [2.05, 4.69) is 106 Å². The van der Waals surface area contributed by atoms with Gasteiger partial charge in [-0.3, -0.25) is 4.79 Å². The Bertz CT molecular complexity index is 1260. The van der Waals surface area contributed by atoms with Crippen molar-refractivity contribution in [3.8, 4) is 0 Å². The summed E-state index contributed by atoms with van der Waals surface area (Å²) in [6.45, 7) is 14.9. The van der Waals surface area contributed by atoms with E-state index in [0.29, 0.717) is 5.56 Å². The molecule has 0 aromatic heterocycles. The number of hydrogen-bond acceptors (Lipinski definition) is 2. The summed E-state index contributed by atoms with van der Waals surface area (Å²) in [7, 11) is 0. The fourth-order valence-corrected chi connectivity index (χ4v) is 2.07. The van der Waals surface area contributed by atoms with Gasteiger partial charge in [0.15, 0.2) is 0 Å². The van der Waals surface area contributed by atoms with Crippen molar-refractivity contribution in [3.05, 3.63) is 155 Å². The van der Waals surface area contributed by atoms with Crippen LogP contribution < -0.4 is 5.43 Å². The van der Waals surface area contributed by atoms with Crippen LogP contribution in [-0.2, 0) is 6.42 Å². The Morgan fingerprint density at radius 1 is 0.735 bits per heavy atom. The second-order valence-corrected chi connectivity index (χ2v) is 6.10. The molecule has 0 saturated heterocycles. The van der Waals surface area contributed by atoms with Gasteiger partial charge < -0.3 is 0 Å². The molecule has 1 amide bonds. The lowest BCUT2D eigenvalue weighted by Crippen LogP contribution is -2.19. The molecule has 0 saturated carbocycles. The lowest BCUT2D eigenvalue weighted by molar-refractivity contribution is 0.0954. The van der Waals surface area contributed by atoms with Crippen LogP contribution in [0.4, 0.5) is 0 Å². The molecule has 0 unspecified atom stereocenters. The van der Waals surface area contributed by atoms with Gasteiger partial charge in [-0.2, -0.15) is 5.10 Å². The van der Waals surface area contributed by atoms with Crippen LogP contribution in [0, 0.1) is 0 Å². The molecule has 3 heteroatoms. The van der Waals surface area contributed by atoms with E-state index in [4.69, 9.17) is 0 Å². The second-order valence-electron chi connectivity index (χ2n) is 6.10. The van der Waals surface area contributed by atoms with Crippen molar-refractivity contribution in [2.75, 3.05) is 0 Å². The highest BCUT2D eigenvalue weighted by atomic mass is 16.2. The zero-order valence-corrected chi connectivity index (χ0v) is 19.4. The van der Waals surface area contributed by atoms with Gasteiger partial charge in [-0.1, -0.05) is 71.5 Å². The zero-order chi connectivity index (χ0) is 25.3. The number of nitrogens with zero attached hydrogens (tertiary/aromatic N) is 1. The summed E-state index contributed by atoms with van der Waals surface area (Å²) in [6, 6.07) is 19.3. The van der Waals surface area contributed by atoms with E-state index in [1.807, 2.05) is 43.3 Å². The minimum Gasteiger partial charge on any atom is -0.267 e. The lowest BCUT2D eigenvalue weighted by atomic mass is 10.1. The molecule has 2 rings (SSSR count). The molecule has 0 heterocycles. The van der Waals surface area contributed by atoms with Gasteiger partial charge in [-0.25, -0.2) is 5.43 Å². The van der Waals surface area contributed by atoms with Crippen LogP contribution in [-0.4, -0.2) is 11.6 Å². The zero-order valence-electron chi connectivity index (χ0n) is 19.4. The molecular weight excluding hydrogens is 416 g/mol. The van der Waals surface area contributed by atoms with Crippen LogP contribution in [0.1, 0.15) is 29.3 Å². The number of nitrogens with one attached hydrogen (secondary N) is 1. The monoisotopic (exact) mass is 442 g/mol. The van der Waals surface area contributed by atoms with Crippen molar-refractivity contribution in [2.45, 2.75) is 19.8 Å². The number of amides is 1. The third-order valence-corrected chi connectivity index (χ3v) is 3.61. The smallest absolute Gasteiger partial charge is 0.267 e. The fraction of sp³-hybridized carbons (Fsp3) is 0.0968. The van der Waals surface area contributed by atoms with Crippen molar-refractivity contribution in [3.63, 3.8) is 0 Å². The van der Waals surface area contributed by atoms with E-state index in [1.165, 1.54) is 5.56 Å². The largest absolute Gasteiger partial charge is 0.271 e. The number of carbonyl (C=O) groups excluding carboxylic acids is 1. The first kappa shape index (κ1) is 28.9. The van der Waals surface area contributed by atoms with Crippen LogP contribution in [0.15, 0.2) is 149 Å². The third kappa shape index (κ3) is 16.6. The Morgan fingerprint density at radius 2 is 1.21 bits per heavy atom. The van der Waals surface area contributed by atoms with Crippen LogP contribution in [0.3, 0.4) is 0 Å². The molecule has 0 aliphatic rings. The molecule has 0 bridgehead atoms. The molecule has 0 aliphatic carbocycles. The Balaban J connectivity index is 0.000000646. The summed E-state index contributed by atoms with van der Waals surface area (Å²) in [6.07, 6.45) is 1.76. The van der Waals surface area contributed by atoms with Crippen molar-refractivity contribution in [1.82, 2.24) is 5.43 Å². The van der Waals surface area contributed by atoms with Crippen molar-refractivity contribution in [2.24, 2.45) is 5.10 Å². The summed E-state index contributed by atoms with van der Waals surface area (Å²) in [4.78, 5) is 11.8. The van der Waals surface area contributed by atoms with Crippen LogP contribution >= 0.6 is 0 Å². The number of aryl methyl sites for hydroxylation is 1. The average molecular weight is 443 g/mol. The first-order valence-corrected chi connectivity index (χ1v) is 10.1. The molecule has 166 valence electrons. The van der Waals surface area contributed by atoms with E-state index in [0.717, 1.165) is 18.6 Å². The molecule has 0 radical (unpaired) electrons. The van der Waals surface area contributed by atoms with Gasteiger partial charge in [0.05, 0.1) is 0 Å². The summed E-state index contributed by atoms with van der Waals surface area (Å²) < 4.78 is 0. The van der Waals surface area contributed by atoms with E-state index in [1.54, 1.807) is 12.1 Å². The molecule has 0 atom stereocenters. The van der Waals surface area contributed by atoms with Gasteiger partial charge in [-0.15, -0.1) is 0 Å². The summed E-state index contributed by atoms with van der Waals surface area (Å²) >= 11 is 0. The highest BCUT2D eigenvalue weighted by Crippen LogP contribution is 2.03. The van der Waals surface area contributed by atoms with E-state index in [9.17, 15) is 4.79 Å². The first-order chi connectivity index (χ1) is 16.6. The maximum absolute atomic E-state index is 11.8. The summed E-state index contributed by atoms with van der Waals surface area (Å²) in [5.74, 6) is -0.176. The van der Waals surface area contributed by atoms with E-state index < -0.39 is 0 Å². The molecular formula is C31H26N2O. The number of rotatable bonds is 5. The molecule has 3 nitrogen and oxygen atoms in total. The second kappa shape index (κ2) is 21.1. The van der Waals surface area contributed by atoms with Gasteiger partial charge in [0, 0.05) is 11.3 Å². The summed E-state index contributed by atoms with van der Waals surface area (Å²) in [5.41, 5.74) is 29.4. The molecule has 0 fully saturated rings. The highest BCUT2D eigenvalue weighted by Gasteiger charge is 2.02. The van der Waals surface area contributed by atoms with Crippen molar-refractivity contribution >= 4 is 11.6 Å². The fourth-order valence-electron chi connectivity index (χ4n) is 2.07. The average Bonchev–Trinajstić information content (AvgIpc) is 2.88. The van der Waals surface area contributed by atoms with Crippen LogP contribution in [0.2, 0.25) is 0 Å². The predicted octanol–water partition coefficient (Wildman–Crippen LogP) is 6.58. The molecule has 0 aliphatic heterocycles. The Labute approximate surface area is 202 Å². The Kier molecular flexibility index (Phi) is 17.9. The molecule has 0 spiro atoms. The van der Waals surface area contributed by atoms with Gasteiger partial charge in [0.1, 0.15) is 0 Å².